The molecule has 1 saturated heterocycles. The van der Waals surface area contributed by atoms with Crippen LogP contribution in [0.2, 0.25) is 0 Å². The zero-order valence-electron chi connectivity index (χ0n) is 13.1. The lowest BCUT2D eigenvalue weighted by molar-refractivity contribution is -0.134. The Kier molecular flexibility index (Phi) is 4.23. The molecule has 5 heteroatoms. The van der Waals surface area contributed by atoms with Crippen molar-refractivity contribution in [2.75, 3.05) is 13.1 Å². The van der Waals surface area contributed by atoms with Gasteiger partial charge in [-0.05, 0) is 37.3 Å². The van der Waals surface area contributed by atoms with Crippen molar-refractivity contribution in [3.8, 4) is 0 Å². The van der Waals surface area contributed by atoms with Gasteiger partial charge in [0.15, 0.2) is 0 Å². The molecule has 1 aromatic rings. The molecule has 2 atom stereocenters. The summed E-state index contributed by atoms with van der Waals surface area (Å²) in [5.41, 5.74) is 5.31. The van der Waals surface area contributed by atoms with Crippen molar-refractivity contribution >= 4 is 11.8 Å². The van der Waals surface area contributed by atoms with Crippen LogP contribution in [-0.2, 0) is 16.0 Å². The molecule has 0 aromatic carbocycles. The fourth-order valence-corrected chi connectivity index (χ4v) is 3.25. The van der Waals surface area contributed by atoms with E-state index in [0.29, 0.717) is 44.7 Å². The lowest BCUT2D eigenvalue weighted by Gasteiger charge is -2.30. The molecule has 3 rings (SSSR count). The van der Waals surface area contributed by atoms with Crippen LogP contribution in [0, 0.1) is 11.8 Å². The summed E-state index contributed by atoms with van der Waals surface area (Å²) in [4.78, 5) is 25.2. The van der Waals surface area contributed by atoms with Crippen molar-refractivity contribution in [2.45, 2.75) is 44.9 Å². The third-order valence-corrected chi connectivity index (χ3v) is 4.99. The van der Waals surface area contributed by atoms with Crippen molar-refractivity contribution in [1.29, 1.82) is 0 Å². The van der Waals surface area contributed by atoms with Crippen LogP contribution < -0.4 is 5.73 Å². The summed E-state index contributed by atoms with van der Waals surface area (Å²) in [5.74, 6) is 3.10. The van der Waals surface area contributed by atoms with E-state index in [9.17, 15) is 9.59 Å². The molecule has 2 heterocycles. The Morgan fingerprint density at radius 1 is 1.32 bits per heavy atom. The molecule has 2 aliphatic rings. The number of primary amides is 1. The summed E-state index contributed by atoms with van der Waals surface area (Å²) in [7, 11) is 0. The standard InChI is InChI=1S/C17H24N2O3/c1-11-10-14(11)15-4-2-13(22-15)3-5-16(20)19-8-6-12(7-9-19)17(18)21/h2,4,11-12,14H,3,5-10H2,1H3,(H2,18,21)/t11-,14+/m1/s1. The Morgan fingerprint density at radius 3 is 2.59 bits per heavy atom. The molecule has 0 spiro atoms. The average Bonchev–Trinajstić information content (AvgIpc) is 3.06. The van der Waals surface area contributed by atoms with Crippen LogP contribution in [0.3, 0.4) is 0 Å². The Hall–Kier alpha value is -1.78. The van der Waals surface area contributed by atoms with E-state index in [4.69, 9.17) is 10.2 Å². The van der Waals surface area contributed by atoms with E-state index in [1.807, 2.05) is 17.0 Å². The Bertz CT molecular complexity index is 558. The SMILES string of the molecule is C[C@@H]1C[C@@H]1c1ccc(CCC(=O)N2CCC(C(N)=O)CC2)o1. The lowest BCUT2D eigenvalue weighted by Crippen LogP contribution is -2.41. The maximum Gasteiger partial charge on any atom is 0.223 e. The predicted molar refractivity (Wildman–Crippen MR) is 82.0 cm³/mol. The first-order chi connectivity index (χ1) is 10.5. The van der Waals surface area contributed by atoms with Crippen molar-refractivity contribution in [3.63, 3.8) is 0 Å². The van der Waals surface area contributed by atoms with Gasteiger partial charge in [-0.2, -0.15) is 0 Å². The van der Waals surface area contributed by atoms with E-state index in [0.717, 1.165) is 17.4 Å². The van der Waals surface area contributed by atoms with E-state index in [1.54, 1.807) is 0 Å². The van der Waals surface area contributed by atoms with Crippen molar-refractivity contribution in [2.24, 2.45) is 17.6 Å². The van der Waals surface area contributed by atoms with E-state index >= 15 is 0 Å². The molecule has 120 valence electrons. The molecule has 0 unspecified atom stereocenters. The van der Waals surface area contributed by atoms with E-state index < -0.39 is 0 Å². The summed E-state index contributed by atoms with van der Waals surface area (Å²) >= 11 is 0. The number of likely N-dealkylation sites (tertiary alicyclic amines) is 1. The van der Waals surface area contributed by atoms with Crippen LogP contribution in [0.5, 0.6) is 0 Å². The highest BCUT2D eigenvalue weighted by Crippen LogP contribution is 2.47. The second kappa shape index (κ2) is 6.15. The molecular formula is C17H24N2O3. The van der Waals surface area contributed by atoms with Crippen molar-refractivity contribution in [1.82, 2.24) is 4.90 Å². The first-order valence-corrected chi connectivity index (χ1v) is 8.20. The molecule has 22 heavy (non-hydrogen) atoms. The van der Waals surface area contributed by atoms with Gasteiger partial charge in [0, 0.05) is 37.8 Å². The van der Waals surface area contributed by atoms with E-state index in [1.165, 1.54) is 6.42 Å². The minimum absolute atomic E-state index is 0.0720. The molecule has 0 radical (unpaired) electrons. The van der Waals surface area contributed by atoms with Crippen LogP contribution in [-0.4, -0.2) is 29.8 Å². The number of piperidine rings is 1. The van der Waals surface area contributed by atoms with Gasteiger partial charge >= 0.3 is 0 Å². The molecule has 2 amide bonds. The maximum absolute atomic E-state index is 12.2. The number of carbonyl (C=O) groups is 2. The van der Waals surface area contributed by atoms with E-state index in [2.05, 4.69) is 6.92 Å². The topological polar surface area (TPSA) is 76.5 Å². The van der Waals surface area contributed by atoms with Crippen LogP contribution >= 0.6 is 0 Å². The van der Waals surface area contributed by atoms with Crippen LogP contribution in [0.4, 0.5) is 0 Å². The van der Waals surface area contributed by atoms with Crippen LogP contribution in [0.1, 0.15) is 50.0 Å². The molecule has 1 aromatic heterocycles. The van der Waals surface area contributed by atoms with Gasteiger partial charge < -0.3 is 15.1 Å². The predicted octanol–water partition coefficient (Wildman–Crippen LogP) is 2.06. The van der Waals surface area contributed by atoms with Gasteiger partial charge in [-0.25, -0.2) is 0 Å². The van der Waals surface area contributed by atoms with Gasteiger partial charge in [-0.15, -0.1) is 0 Å². The van der Waals surface area contributed by atoms with Crippen LogP contribution in [0.25, 0.3) is 0 Å². The van der Waals surface area contributed by atoms with Crippen LogP contribution in [0.15, 0.2) is 16.5 Å². The summed E-state index contributed by atoms with van der Waals surface area (Å²) < 4.78 is 5.83. The number of nitrogens with zero attached hydrogens (tertiary/aromatic N) is 1. The lowest BCUT2D eigenvalue weighted by atomic mass is 9.96. The minimum atomic E-state index is -0.246. The van der Waals surface area contributed by atoms with Crippen molar-refractivity contribution in [3.05, 3.63) is 23.7 Å². The quantitative estimate of drug-likeness (QED) is 0.904. The third-order valence-electron chi connectivity index (χ3n) is 4.99. The number of nitrogens with two attached hydrogens (primary N) is 1. The molecular weight excluding hydrogens is 280 g/mol. The fourth-order valence-electron chi connectivity index (χ4n) is 3.25. The van der Waals surface area contributed by atoms with Gasteiger partial charge in [-0.3, -0.25) is 9.59 Å². The highest BCUT2D eigenvalue weighted by molar-refractivity contribution is 5.78. The molecule has 0 bridgehead atoms. The Labute approximate surface area is 130 Å². The minimum Gasteiger partial charge on any atom is -0.466 e. The van der Waals surface area contributed by atoms with Gasteiger partial charge in [0.1, 0.15) is 11.5 Å². The van der Waals surface area contributed by atoms with Crippen molar-refractivity contribution < 1.29 is 14.0 Å². The number of rotatable bonds is 5. The summed E-state index contributed by atoms with van der Waals surface area (Å²) in [6, 6.07) is 4.04. The van der Waals surface area contributed by atoms with E-state index in [-0.39, 0.29) is 17.7 Å². The molecule has 5 nitrogen and oxygen atoms in total. The number of hydrogen-bond acceptors (Lipinski definition) is 3. The second-order valence-corrected chi connectivity index (χ2v) is 6.68. The monoisotopic (exact) mass is 304 g/mol. The number of aryl methyl sites for hydroxylation is 1. The summed E-state index contributed by atoms with van der Waals surface area (Å²) in [6.07, 6.45) is 3.70. The Morgan fingerprint density at radius 2 is 2.00 bits per heavy atom. The number of carbonyl (C=O) groups excluding carboxylic acids is 2. The average molecular weight is 304 g/mol. The highest BCUT2D eigenvalue weighted by atomic mass is 16.3. The number of amides is 2. The number of furan rings is 1. The van der Waals surface area contributed by atoms with Gasteiger partial charge in [-0.1, -0.05) is 6.92 Å². The summed E-state index contributed by atoms with van der Waals surface area (Å²) in [6.45, 7) is 3.50. The first kappa shape index (κ1) is 15.1. The molecule has 2 fully saturated rings. The third kappa shape index (κ3) is 3.34. The number of hydrogen-bond donors (Lipinski definition) is 1. The Balaban J connectivity index is 1.44. The first-order valence-electron chi connectivity index (χ1n) is 8.20. The molecule has 1 aliphatic carbocycles. The highest BCUT2D eigenvalue weighted by Gasteiger charge is 2.36. The summed E-state index contributed by atoms with van der Waals surface area (Å²) in [5, 5.41) is 0. The van der Waals surface area contributed by atoms with Gasteiger partial charge in [0.2, 0.25) is 11.8 Å². The zero-order chi connectivity index (χ0) is 15.7. The molecule has 2 N–H and O–H groups in total. The fraction of sp³-hybridized carbons (Fsp3) is 0.647. The largest absolute Gasteiger partial charge is 0.466 e. The second-order valence-electron chi connectivity index (χ2n) is 6.68. The molecule has 1 saturated carbocycles. The normalized spacial score (nSPS) is 25.2. The van der Waals surface area contributed by atoms with Gasteiger partial charge in [0.05, 0.1) is 0 Å². The maximum atomic E-state index is 12.2. The smallest absolute Gasteiger partial charge is 0.223 e. The van der Waals surface area contributed by atoms with Gasteiger partial charge in [0.25, 0.3) is 0 Å². The molecule has 1 aliphatic heterocycles. The zero-order valence-corrected chi connectivity index (χ0v) is 13.1.